The third kappa shape index (κ3) is 10.1. The van der Waals surface area contributed by atoms with Crippen LogP contribution in [0, 0.1) is 11.8 Å². The first-order chi connectivity index (χ1) is 8.85. The molecule has 0 unspecified atom stereocenters. The van der Waals surface area contributed by atoms with Crippen LogP contribution in [-0.2, 0) is 14.4 Å². The Morgan fingerprint density at radius 1 is 1.16 bits per heavy atom. The van der Waals surface area contributed by atoms with Crippen molar-refractivity contribution in [2.24, 2.45) is 11.8 Å². The Bertz CT molecular complexity index is 321. The van der Waals surface area contributed by atoms with Gasteiger partial charge in [0.1, 0.15) is 0 Å². The van der Waals surface area contributed by atoms with Crippen molar-refractivity contribution < 1.29 is 19.5 Å². The number of carboxylic acid groups (broad SMARTS) is 1. The molecule has 0 aromatic carbocycles. The molecule has 0 fully saturated rings. The fourth-order valence-electron chi connectivity index (χ4n) is 1.72. The van der Waals surface area contributed by atoms with Gasteiger partial charge in [0.05, 0.1) is 14.4 Å². The number of amides is 2. The lowest BCUT2D eigenvalue weighted by Gasteiger charge is -2.17. The Morgan fingerprint density at radius 2 is 1.79 bits per heavy atom. The first-order valence-electron chi connectivity index (χ1n) is 6.30. The van der Waals surface area contributed by atoms with E-state index in [-0.39, 0.29) is 31.1 Å². The maximum atomic E-state index is 11.4. The van der Waals surface area contributed by atoms with E-state index in [1.54, 1.807) is 0 Å². The second kappa shape index (κ2) is 9.41. The van der Waals surface area contributed by atoms with Crippen molar-refractivity contribution in [2.75, 3.05) is 13.1 Å². The molecule has 0 saturated carbocycles. The summed E-state index contributed by atoms with van der Waals surface area (Å²) in [4.78, 5) is 33.0. The van der Waals surface area contributed by atoms with Gasteiger partial charge in [0, 0.05) is 13.0 Å². The molecule has 0 aromatic heterocycles. The van der Waals surface area contributed by atoms with Crippen LogP contribution in [-0.4, -0.2) is 43.8 Å². The molecule has 0 rings (SSSR count). The van der Waals surface area contributed by atoms with Gasteiger partial charge < -0.3 is 15.7 Å². The summed E-state index contributed by atoms with van der Waals surface area (Å²) in [5.41, 5.74) is 0. The lowest BCUT2D eigenvalue weighted by molar-refractivity contribution is -0.138. The fourth-order valence-corrected chi connectivity index (χ4v) is 1.72. The highest BCUT2D eigenvalue weighted by Gasteiger charge is 2.16. The van der Waals surface area contributed by atoms with Crippen LogP contribution in [0.2, 0.25) is 6.32 Å². The summed E-state index contributed by atoms with van der Waals surface area (Å²) >= 11 is 0. The van der Waals surface area contributed by atoms with Crippen LogP contribution in [0.5, 0.6) is 0 Å². The Kier molecular flexibility index (Phi) is 8.66. The molecule has 0 saturated heterocycles. The van der Waals surface area contributed by atoms with Gasteiger partial charge in [-0.1, -0.05) is 13.8 Å². The molecular weight excluding hydrogens is 247 g/mol. The standard InChI is InChI=1S/C12H21BN2O4/c1-8(2)3-9(4-12(18)19)6-14-11(17)7-15-10(16)5-13/h8-9H,3-7H2,1-2H3,(H,14,17)(H,15,16)(H,18,19)/t9-/m0/s1. The summed E-state index contributed by atoms with van der Waals surface area (Å²) in [5.74, 6) is -1.37. The maximum Gasteiger partial charge on any atom is 0.303 e. The monoisotopic (exact) mass is 268 g/mol. The number of nitrogens with one attached hydrogen (secondary N) is 2. The van der Waals surface area contributed by atoms with Crippen LogP contribution in [0.25, 0.3) is 0 Å². The number of carboxylic acids is 1. The van der Waals surface area contributed by atoms with Crippen molar-refractivity contribution in [3.05, 3.63) is 0 Å². The normalized spacial score (nSPS) is 11.9. The molecule has 0 bridgehead atoms. The van der Waals surface area contributed by atoms with Gasteiger partial charge in [-0.2, -0.15) is 0 Å². The summed E-state index contributed by atoms with van der Waals surface area (Å²) in [6.45, 7) is 4.15. The lowest BCUT2D eigenvalue weighted by atomic mass is 9.94. The predicted molar refractivity (Wildman–Crippen MR) is 71.8 cm³/mol. The van der Waals surface area contributed by atoms with Gasteiger partial charge in [-0.05, 0) is 24.6 Å². The first kappa shape index (κ1) is 17.5. The Morgan fingerprint density at radius 3 is 2.26 bits per heavy atom. The zero-order valence-electron chi connectivity index (χ0n) is 11.4. The molecule has 106 valence electrons. The van der Waals surface area contributed by atoms with Crippen molar-refractivity contribution in [3.63, 3.8) is 0 Å². The van der Waals surface area contributed by atoms with Gasteiger partial charge >= 0.3 is 5.97 Å². The predicted octanol–water partition coefficient (Wildman–Crippen LogP) is -0.0574. The first-order valence-corrected chi connectivity index (χ1v) is 6.30. The molecule has 0 aliphatic rings. The molecule has 3 N–H and O–H groups in total. The largest absolute Gasteiger partial charge is 0.481 e. The van der Waals surface area contributed by atoms with E-state index < -0.39 is 11.9 Å². The van der Waals surface area contributed by atoms with E-state index in [0.717, 1.165) is 6.42 Å². The van der Waals surface area contributed by atoms with Gasteiger partial charge in [0.25, 0.3) is 0 Å². The highest BCUT2D eigenvalue weighted by Crippen LogP contribution is 2.14. The van der Waals surface area contributed by atoms with Gasteiger partial charge in [0.2, 0.25) is 11.8 Å². The topological polar surface area (TPSA) is 95.5 Å². The summed E-state index contributed by atoms with van der Waals surface area (Å²) in [7, 11) is 5.08. The molecule has 0 aromatic rings. The smallest absolute Gasteiger partial charge is 0.303 e. The minimum atomic E-state index is -0.878. The molecule has 7 heteroatoms. The average Bonchev–Trinajstić information content (AvgIpc) is 2.31. The van der Waals surface area contributed by atoms with Crippen molar-refractivity contribution >= 4 is 25.6 Å². The van der Waals surface area contributed by atoms with Gasteiger partial charge in [0.15, 0.2) is 0 Å². The lowest BCUT2D eigenvalue weighted by Crippen LogP contribution is -2.39. The number of carbonyl (C=O) groups is 3. The van der Waals surface area contributed by atoms with Gasteiger partial charge in [-0.25, -0.2) is 0 Å². The zero-order chi connectivity index (χ0) is 14.8. The molecule has 0 spiro atoms. The molecule has 2 amide bonds. The number of carbonyl (C=O) groups excluding carboxylic acids is 2. The molecule has 0 heterocycles. The van der Waals surface area contributed by atoms with E-state index in [4.69, 9.17) is 13.0 Å². The van der Waals surface area contributed by atoms with Gasteiger partial charge in [-0.3, -0.25) is 14.4 Å². The van der Waals surface area contributed by atoms with E-state index >= 15 is 0 Å². The van der Waals surface area contributed by atoms with Crippen LogP contribution >= 0.6 is 0 Å². The van der Waals surface area contributed by atoms with Crippen molar-refractivity contribution in [1.29, 1.82) is 0 Å². The second-order valence-corrected chi connectivity index (χ2v) is 4.88. The van der Waals surface area contributed by atoms with Crippen molar-refractivity contribution in [1.82, 2.24) is 10.6 Å². The highest BCUT2D eigenvalue weighted by molar-refractivity contribution is 6.19. The molecule has 2 radical (unpaired) electrons. The van der Waals surface area contributed by atoms with Crippen molar-refractivity contribution in [3.8, 4) is 0 Å². The fraction of sp³-hybridized carbons (Fsp3) is 0.750. The summed E-state index contributed by atoms with van der Waals surface area (Å²) in [5, 5.41) is 13.7. The molecule has 6 nitrogen and oxygen atoms in total. The maximum absolute atomic E-state index is 11.4. The zero-order valence-corrected chi connectivity index (χ0v) is 11.4. The van der Waals surface area contributed by atoms with E-state index in [1.807, 2.05) is 13.8 Å². The summed E-state index contributed by atoms with van der Waals surface area (Å²) in [6.07, 6.45) is 0.581. The summed E-state index contributed by atoms with van der Waals surface area (Å²) < 4.78 is 0. The number of hydrogen-bond donors (Lipinski definition) is 3. The van der Waals surface area contributed by atoms with Gasteiger partial charge in [-0.15, -0.1) is 0 Å². The minimum absolute atomic E-state index is 0.0214. The highest BCUT2D eigenvalue weighted by atomic mass is 16.4. The Balaban J connectivity index is 4.04. The molecular formula is C12H21BN2O4. The molecule has 1 atom stereocenters. The third-order valence-electron chi connectivity index (χ3n) is 2.49. The summed E-state index contributed by atoms with van der Waals surface area (Å²) in [6, 6.07) is 0. The van der Waals surface area contributed by atoms with Crippen LogP contribution in [0.3, 0.4) is 0 Å². The van der Waals surface area contributed by atoms with E-state index in [2.05, 4.69) is 10.6 Å². The number of aliphatic carboxylic acids is 1. The number of hydrogen-bond acceptors (Lipinski definition) is 3. The molecule has 19 heavy (non-hydrogen) atoms. The van der Waals surface area contributed by atoms with Crippen molar-refractivity contribution in [2.45, 2.75) is 33.0 Å². The Hall–Kier alpha value is -1.53. The van der Waals surface area contributed by atoms with Crippen LogP contribution in [0.1, 0.15) is 26.7 Å². The average molecular weight is 268 g/mol. The molecule has 0 aliphatic heterocycles. The van der Waals surface area contributed by atoms with E-state index in [9.17, 15) is 14.4 Å². The quantitative estimate of drug-likeness (QED) is 0.510. The third-order valence-corrected chi connectivity index (χ3v) is 2.49. The second-order valence-electron chi connectivity index (χ2n) is 4.88. The van der Waals surface area contributed by atoms with Crippen LogP contribution in [0.4, 0.5) is 0 Å². The van der Waals surface area contributed by atoms with E-state index in [1.165, 1.54) is 0 Å². The van der Waals surface area contributed by atoms with E-state index in [0.29, 0.717) is 12.5 Å². The molecule has 0 aliphatic carbocycles. The Labute approximate surface area is 114 Å². The minimum Gasteiger partial charge on any atom is -0.481 e. The number of rotatable bonds is 9. The SMILES string of the molecule is [B]CC(=O)NCC(=O)NC[C@H](CC(=O)O)CC(C)C. The van der Waals surface area contributed by atoms with Crippen LogP contribution in [0.15, 0.2) is 0 Å². The van der Waals surface area contributed by atoms with Crippen LogP contribution < -0.4 is 10.6 Å².